The maximum atomic E-state index is 12.4. The molecule has 1 aromatic rings. The minimum Gasteiger partial charge on any atom is -0.465 e. The van der Waals surface area contributed by atoms with Crippen LogP contribution in [0.2, 0.25) is 0 Å². The fraction of sp³-hybridized carbons (Fsp3) is 0.579. The number of halogens is 1. The molecule has 1 saturated heterocycles. The summed E-state index contributed by atoms with van der Waals surface area (Å²) in [6, 6.07) is 7.26. The van der Waals surface area contributed by atoms with Crippen molar-refractivity contribution in [3.8, 4) is 0 Å². The first kappa shape index (κ1) is 19.6. The number of methoxy groups -OCH3 is 1. The lowest BCUT2D eigenvalue weighted by molar-refractivity contribution is 0.0221. The first-order valence-electron chi connectivity index (χ1n) is 8.52. The molecule has 0 radical (unpaired) electrons. The molecule has 138 valence electrons. The molecule has 0 bridgehead atoms. The van der Waals surface area contributed by atoms with E-state index in [9.17, 15) is 9.59 Å². The summed E-state index contributed by atoms with van der Waals surface area (Å²) in [5, 5.41) is -0.0677. The molecule has 0 spiro atoms. The highest BCUT2D eigenvalue weighted by atomic mass is 35.5. The van der Waals surface area contributed by atoms with Crippen molar-refractivity contribution in [1.29, 1.82) is 0 Å². The van der Waals surface area contributed by atoms with Crippen LogP contribution < -0.4 is 0 Å². The van der Waals surface area contributed by atoms with E-state index in [4.69, 9.17) is 21.1 Å². The fourth-order valence-electron chi connectivity index (χ4n) is 2.94. The van der Waals surface area contributed by atoms with Gasteiger partial charge in [0.25, 0.3) is 0 Å². The van der Waals surface area contributed by atoms with Gasteiger partial charge in [0.2, 0.25) is 0 Å². The molecule has 5 nitrogen and oxygen atoms in total. The predicted molar refractivity (Wildman–Crippen MR) is 97.1 cm³/mol. The van der Waals surface area contributed by atoms with E-state index in [1.165, 1.54) is 7.11 Å². The lowest BCUT2D eigenvalue weighted by Crippen LogP contribution is -2.42. The lowest BCUT2D eigenvalue weighted by atomic mass is 10.0. The van der Waals surface area contributed by atoms with Gasteiger partial charge in [0.1, 0.15) is 5.60 Å². The van der Waals surface area contributed by atoms with Crippen LogP contribution in [-0.2, 0) is 15.9 Å². The number of alkyl halides is 1. The molecule has 0 saturated carbocycles. The third-order valence-corrected chi connectivity index (χ3v) is 4.70. The third-order valence-electron chi connectivity index (χ3n) is 4.20. The Morgan fingerprint density at radius 1 is 1.24 bits per heavy atom. The average molecular weight is 368 g/mol. The van der Waals surface area contributed by atoms with Crippen LogP contribution in [0.15, 0.2) is 24.3 Å². The molecule has 0 N–H and O–H groups in total. The van der Waals surface area contributed by atoms with Crippen molar-refractivity contribution >= 4 is 23.7 Å². The Morgan fingerprint density at radius 3 is 2.44 bits per heavy atom. The average Bonchev–Trinajstić information content (AvgIpc) is 2.92. The first-order valence-corrected chi connectivity index (χ1v) is 8.96. The van der Waals surface area contributed by atoms with Gasteiger partial charge in [0.15, 0.2) is 0 Å². The smallest absolute Gasteiger partial charge is 0.410 e. The van der Waals surface area contributed by atoms with Crippen LogP contribution in [0.25, 0.3) is 0 Å². The van der Waals surface area contributed by atoms with Crippen molar-refractivity contribution in [3.05, 3.63) is 35.4 Å². The molecule has 0 aliphatic carbocycles. The van der Waals surface area contributed by atoms with Crippen LogP contribution in [0.1, 0.15) is 49.5 Å². The van der Waals surface area contributed by atoms with E-state index in [0.717, 1.165) is 24.8 Å². The maximum absolute atomic E-state index is 12.4. The highest BCUT2D eigenvalue weighted by molar-refractivity contribution is 6.21. The standard InChI is InChI=1S/C19H26ClNO4/c1-19(2,3)25-18(23)21-12-11-15(20)16(21)10-7-13-5-8-14(9-6-13)17(22)24-4/h5-6,8-9,15-16H,7,10-12H2,1-4H3. The van der Waals surface area contributed by atoms with Crippen molar-refractivity contribution in [3.63, 3.8) is 0 Å². The summed E-state index contributed by atoms with van der Waals surface area (Å²) >= 11 is 6.43. The number of aryl methyl sites for hydroxylation is 1. The highest BCUT2D eigenvalue weighted by Crippen LogP contribution is 2.28. The summed E-state index contributed by atoms with van der Waals surface area (Å²) in [6.07, 6.45) is 1.99. The third kappa shape index (κ3) is 5.36. The molecule has 1 fully saturated rings. The van der Waals surface area contributed by atoms with E-state index in [-0.39, 0.29) is 23.5 Å². The number of ether oxygens (including phenoxy) is 2. The van der Waals surface area contributed by atoms with Crippen molar-refractivity contribution < 1.29 is 19.1 Å². The SMILES string of the molecule is COC(=O)c1ccc(CCC2C(Cl)CCN2C(=O)OC(C)(C)C)cc1. The van der Waals surface area contributed by atoms with Gasteiger partial charge >= 0.3 is 12.1 Å². The van der Waals surface area contributed by atoms with E-state index < -0.39 is 5.60 Å². The number of nitrogens with zero attached hydrogens (tertiary/aromatic N) is 1. The van der Waals surface area contributed by atoms with Crippen molar-refractivity contribution in [1.82, 2.24) is 4.90 Å². The molecule has 0 aromatic heterocycles. The van der Waals surface area contributed by atoms with Crippen LogP contribution in [0.5, 0.6) is 0 Å². The van der Waals surface area contributed by atoms with Gasteiger partial charge < -0.3 is 14.4 Å². The van der Waals surface area contributed by atoms with Crippen LogP contribution in [-0.4, -0.2) is 47.6 Å². The Labute approximate surface area is 154 Å². The second kappa shape index (κ2) is 8.09. The Kier molecular flexibility index (Phi) is 6.33. The molecule has 1 amide bonds. The minimum absolute atomic E-state index is 0.0446. The second-order valence-electron chi connectivity index (χ2n) is 7.27. The van der Waals surface area contributed by atoms with Gasteiger partial charge in [-0.15, -0.1) is 11.6 Å². The van der Waals surface area contributed by atoms with Crippen LogP contribution in [0, 0.1) is 0 Å². The maximum Gasteiger partial charge on any atom is 0.410 e. The number of hydrogen-bond donors (Lipinski definition) is 0. The highest BCUT2D eigenvalue weighted by Gasteiger charge is 2.37. The first-order chi connectivity index (χ1) is 11.7. The monoisotopic (exact) mass is 367 g/mol. The van der Waals surface area contributed by atoms with Gasteiger partial charge in [0.05, 0.1) is 24.1 Å². The fourth-order valence-corrected chi connectivity index (χ4v) is 3.30. The Balaban J connectivity index is 1.97. The Morgan fingerprint density at radius 2 is 1.88 bits per heavy atom. The van der Waals surface area contributed by atoms with Crippen molar-refractivity contribution in [2.75, 3.05) is 13.7 Å². The summed E-state index contributed by atoms with van der Waals surface area (Å²) in [7, 11) is 1.36. The number of esters is 1. The molecule has 2 unspecified atom stereocenters. The molecule has 6 heteroatoms. The van der Waals surface area contributed by atoms with Crippen LogP contribution >= 0.6 is 11.6 Å². The topological polar surface area (TPSA) is 55.8 Å². The zero-order valence-electron chi connectivity index (χ0n) is 15.3. The predicted octanol–water partition coefficient (Wildman–Crippen LogP) is 4.02. The van der Waals surface area contributed by atoms with E-state index in [1.807, 2.05) is 32.9 Å². The number of rotatable bonds is 4. The zero-order chi connectivity index (χ0) is 18.6. The minimum atomic E-state index is -0.518. The molecule has 2 rings (SSSR count). The zero-order valence-corrected chi connectivity index (χ0v) is 16.0. The number of carbonyl (C=O) groups is 2. The molecule has 25 heavy (non-hydrogen) atoms. The second-order valence-corrected chi connectivity index (χ2v) is 7.83. The van der Waals surface area contributed by atoms with E-state index in [1.54, 1.807) is 17.0 Å². The van der Waals surface area contributed by atoms with E-state index >= 15 is 0 Å². The molecule has 1 heterocycles. The normalized spacial score (nSPS) is 20.4. The Hall–Kier alpha value is -1.75. The van der Waals surface area contributed by atoms with Gasteiger partial charge in [-0.1, -0.05) is 12.1 Å². The summed E-state index contributed by atoms with van der Waals surface area (Å²) in [5.41, 5.74) is 1.10. The van der Waals surface area contributed by atoms with Gasteiger partial charge in [-0.25, -0.2) is 9.59 Å². The number of amides is 1. The number of hydrogen-bond acceptors (Lipinski definition) is 4. The molecular weight excluding hydrogens is 342 g/mol. The summed E-state index contributed by atoms with van der Waals surface area (Å²) in [5.74, 6) is -0.348. The number of likely N-dealkylation sites (tertiary alicyclic amines) is 1. The molecule has 1 aliphatic rings. The molecular formula is C19H26ClNO4. The van der Waals surface area contributed by atoms with Crippen LogP contribution in [0.4, 0.5) is 4.79 Å². The van der Waals surface area contributed by atoms with Crippen molar-refractivity contribution in [2.45, 2.75) is 57.1 Å². The van der Waals surface area contributed by atoms with Crippen LogP contribution in [0.3, 0.4) is 0 Å². The molecule has 2 atom stereocenters. The van der Waals surface area contributed by atoms with Gasteiger partial charge in [-0.05, 0) is 57.7 Å². The molecule has 1 aromatic carbocycles. The Bertz CT molecular complexity index is 609. The quantitative estimate of drug-likeness (QED) is 0.595. The molecule has 1 aliphatic heterocycles. The largest absolute Gasteiger partial charge is 0.465 e. The number of carbonyl (C=O) groups excluding carboxylic acids is 2. The van der Waals surface area contributed by atoms with Crippen molar-refractivity contribution in [2.24, 2.45) is 0 Å². The van der Waals surface area contributed by atoms with E-state index in [0.29, 0.717) is 12.1 Å². The van der Waals surface area contributed by atoms with Gasteiger partial charge in [-0.2, -0.15) is 0 Å². The van der Waals surface area contributed by atoms with Gasteiger partial charge in [0, 0.05) is 6.54 Å². The number of benzene rings is 1. The summed E-state index contributed by atoms with van der Waals surface area (Å²) in [6.45, 7) is 6.19. The lowest BCUT2D eigenvalue weighted by Gasteiger charge is -2.29. The summed E-state index contributed by atoms with van der Waals surface area (Å²) in [4.78, 5) is 25.6. The van der Waals surface area contributed by atoms with E-state index in [2.05, 4.69) is 0 Å². The summed E-state index contributed by atoms with van der Waals surface area (Å²) < 4.78 is 10.2. The van der Waals surface area contributed by atoms with Gasteiger partial charge in [-0.3, -0.25) is 0 Å².